The number of aryl methyl sites for hydroxylation is 1. The van der Waals surface area contributed by atoms with Crippen molar-refractivity contribution in [3.63, 3.8) is 0 Å². The van der Waals surface area contributed by atoms with Crippen LogP contribution in [0.15, 0.2) is 30.4 Å². The fraction of sp³-hybridized carbons (Fsp3) is 0.659. The van der Waals surface area contributed by atoms with Crippen molar-refractivity contribution in [2.45, 2.75) is 146 Å². The van der Waals surface area contributed by atoms with Crippen LogP contribution >= 0.6 is 0 Å². The van der Waals surface area contributed by atoms with Gasteiger partial charge in [-0.1, -0.05) is 59.6 Å². The van der Waals surface area contributed by atoms with Crippen LogP contribution in [0.1, 0.15) is 129 Å². The van der Waals surface area contributed by atoms with Crippen LogP contribution in [0.2, 0.25) is 0 Å². The van der Waals surface area contributed by atoms with E-state index in [-0.39, 0.29) is 49.7 Å². The van der Waals surface area contributed by atoms with Crippen LogP contribution in [0.4, 0.5) is 0 Å². The number of esters is 1. The van der Waals surface area contributed by atoms with Gasteiger partial charge in [0.1, 0.15) is 28.7 Å². The van der Waals surface area contributed by atoms with Gasteiger partial charge in [-0.2, -0.15) is 0 Å². The van der Waals surface area contributed by atoms with Gasteiger partial charge in [-0.05, 0) is 87.8 Å². The van der Waals surface area contributed by atoms with Gasteiger partial charge in [-0.25, -0.2) is 13.4 Å². The second kappa shape index (κ2) is 15.4. The average Bonchev–Trinajstić information content (AvgIpc) is 4.06. The molecule has 2 N–H and O–H groups in total. The number of hydrogen-bond acceptors (Lipinski definition) is 10. The summed E-state index contributed by atoms with van der Waals surface area (Å²) < 4.78 is 46.1. The summed E-state index contributed by atoms with van der Waals surface area (Å²) in [6.45, 7) is 11.9. The molecule has 5 atom stereocenters. The van der Waals surface area contributed by atoms with Gasteiger partial charge < -0.3 is 24.4 Å². The molecule has 1 aromatic carbocycles. The summed E-state index contributed by atoms with van der Waals surface area (Å²) in [7, 11) is -2.37. The molecule has 2 saturated carbocycles. The molecule has 4 heterocycles. The third kappa shape index (κ3) is 8.31. The summed E-state index contributed by atoms with van der Waals surface area (Å²) >= 11 is 0. The Morgan fingerprint density at radius 2 is 1.86 bits per heavy atom. The fourth-order valence-electron chi connectivity index (χ4n) is 8.74. The molecule has 2 aromatic rings. The molecule has 13 nitrogen and oxygen atoms in total. The van der Waals surface area contributed by atoms with E-state index in [1.54, 1.807) is 18.9 Å². The molecule has 58 heavy (non-hydrogen) atoms. The van der Waals surface area contributed by atoms with E-state index in [0.29, 0.717) is 50.0 Å². The van der Waals surface area contributed by atoms with Gasteiger partial charge in [-0.15, -0.1) is 0 Å². The summed E-state index contributed by atoms with van der Waals surface area (Å²) in [5.74, 6) is -1.96. The summed E-state index contributed by atoms with van der Waals surface area (Å²) in [4.78, 5) is 63.6. The number of carbonyl (C=O) groups is 4. The quantitative estimate of drug-likeness (QED) is 0.237. The zero-order valence-electron chi connectivity index (χ0n) is 35.1. The number of fused-ring (bicyclic) bond motifs is 5. The van der Waals surface area contributed by atoms with Crippen LogP contribution in [0.5, 0.6) is 11.5 Å². The number of methoxy groups -OCH3 is 1. The van der Waals surface area contributed by atoms with E-state index in [2.05, 4.69) is 23.9 Å². The third-order valence-electron chi connectivity index (χ3n) is 12.8. The topological polar surface area (TPSA) is 170 Å². The number of amides is 3. The largest absolute Gasteiger partial charge is 0.497 e. The number of sulfonamides is 1. The van der Waals surface area contributed by atoms with Crippen molar-refractivity contribution in [1.82, 2.24) is 19.9 Å². The van der Waals surface area contributed by atoms with Crippen LogP contribution in [-0.2, 0) is 40.4 Å². The van der Waals surface area contributed by atoms with E-state index in [9.17, 15) is 27.6 Å². The number of hydrogen-bond donors (Lipinski definition) is 2. The minimum absolute atomic E-state index is 0.00286. The maximum atomic E-state index is 14.9. The number of carbonyl (C=O) groups excluding carboxylic acids is 4. The molecule has 14 heteroatoms. The van der Waals surface area contributed by atoms with Crippen molar-refractivity contribution in [1.29, 1.82) is 0 Å². The molecule has 0 bridgehead atoms. The van der Waals surface area contributed by atoms with E-state index in [1.165, 1.54) is 0 Å². The minimum Gasteiger partial charge on any atom is -0.497 e. The van der Waals surface area contributed by atoms with Crippen molar-refractivity contribution < 1.29 is 41.8 Å². The summed E-state index contributed by atoms with van der Waals surface area (Å²) in [6.07, 6.45) is 9.60. The highest BCUT2D eigenvalue weighted by molar-refractivity contribution is 7.91. The maximum absolute atomic E-state index is 14.9. The monoisotopic (exact) mass is 820 g/mol. The smallest absolute Gasteiger partial charge is 0.306 e. The molecule has 3 amide bonds. The van der Waals surface area contributed by atoms with Crippen molar-refractivity contribution >= 4 is 44.6 Å². The van der Waals surface area contributed by atoms with Crippen molar-refractivity contribution in [2.75, 3.05) is 20.3 Å². The molecule has 316 valence electrons. The number of nitrogens with one attached hydrogen (secondary N) is 2. The van der Waals surface area contributed by atoms with E-state index in [1.807, 2.05) is 51.1 Å². The number of pyridine rings is 1. The summed E-state index contributed by atoms with van der Waals surface area (Å²) in [5, 5.41) is 3.91. The number of allylic oxidation sites excluding steroid dienone is 1. The predicted molar refractivity (Wildman–Crippen MR) is 219 cm³/mol. The van der Waals surface area contributed by atoms with Crippen LogP contribution in [-0.4, -0.2) is 84.2 Å². The Labute approximate surface area is 342 Å². The van der Waals surface area contributed by atoms with Crippen LogP contribution in [0.3, 0.4) is 0 Å². The second-order valence-electron chi connectivity index (χ2n) is 19.2. The molecule has 0 radical (unpaired) electrons. The van der Waals surface area contributed by atoms with E-state index < -0.39 is 61.6 Å². The summed E-state index contributed by atoms with van der Waals surface area (Å²) in [6, 6.07) is 4.72. The maximum Gasteiger partial charge on any atom is 0.306 e. The first-order valence-electron chi connectivity index (χ1n) is 21.0. The zero-order chi connectivity index (χ0) is 41.8. The Morgan fingerprint density at radius 1 is 1.10 bits per heavy atom. The van der Waals surface area contributed by atoms with Gasteiger partial charge in [0.2, 0.25) is 21.8 Å². The molecule has 1 aromatic heterocycles. The fourth-order valence-corrected chi connectivity index (χ4v) is 10.1. The molecule has 7 rings (SSSR count). The normalized spacial score (nSPS) is 28.9. The lowest BCUT2D eigenvalue weighted by Gasteiger charge is -2.37. The molecule has 1 saturated heterocycles. The second-order valence-corrected chi connectivity index (χ2v) is 21.4. The first-order valence-corrected chi connectivity index (χ1v) is 22.5. The highest BCUT2D eigenvalue weighted by atomic mass is 32.2. The van der Waals surface area contributed by atoms with Crippen molar-refractivity contribution in [2.24, 2.45) is 17.3 Å². The number of aromatic nitrogens is 1. The molecular formula is C44H60N4O9S. The number of rotatable bonds is 8. The van der Waals surface area contributed by atoms with E-state index >= 15 is 0 Å². The molecule has 2 aliphatic carbocycles. The third-order valence-corrected chi connectivity index (χ3v) is 14.9. The first-order chi connectivity index (χ1) is 27.3. The van der Waals surface area contributed by atoms with Gasteiger partial charge in [0.05, 0.1) is 42.6 Å². The molecule has 1 spiro atoms. The summed E-state index contributed by atoms with van der Waals surface area (Å²) in [5.41, 5.74) is -0.140. The molecule has 3 fully saturated rings. The van der Waals surface area contributed by atoms with Gasteiger partial charge in [0, 0.05) is 29.2 Å². The lowest BCUT2D eigenvalue weighted by atomic mass is 9.86. The van der Waals surface area contributed by atoms with Crippen molar-refractivity contribution in [3.8, 4) is 11.5 Å². The van der Waals surface area contributed by atoms with Crippen LogP contribution in [0, 0.1) is 17.3 Å². The number of ether oxygens (including phenoxy) is 3. The van der Waals surface area contributed by atoms with Crippen LogP contribution < -0.4 is 19.5 Å². The van der Waals surface area contributed by atoms with Crippen molar-refractivity contribution in [3.05, 3.63) is 41.6 Å². The highest BCUT2D eigenvalue weighted by Crippen LogP contribution is 2.50. The molecule has 0 unspecified atom stereocenters. The van der Waals surface area contributed by atoms with Gasteiger partial charge in [0.25, 0.3) is 5.91 Å². The van der Waals surface area contributed by atoms with E-state index in [0.717, 1.165) is 41.4 Å². The Morgan fingerprint density at radius 3 is 2.55 bits per heavy atom. The average molecular weight is 821 g/mol. The zero-order valence-corrected chi connectivity index (χ0v) is 35.9. The SMILES string of the molecule is COc1ccc2nc(C(C)C)c3c(c2c1)CC[C@]1(C[C@H]2C(=O)N[C@]4(C(=O)NS(=O)(=O)C5(C)CC5)C[C@H]4/C=C\CCCCC[C@H](CC(=O)OCC(C)(C)C)C(=O)N2C1)O3. The highest BCUT2D eigenvalue weighted by Gasteiger charge is 2.64. The number of benzene rings is 1. The Balaban J connectivity index is 1.25. The molecular weight excluding hydrogens is 761 g/mol. The van der Waals surface area contributed by atoms with Gasteiger partial charge in [-0.3, -0.25) is 23.9 Å². The molecule has 3 aliphatic heterocycles. The first kappa shape index (κ1) is 41.9. The lowest BCUT2D eigenvalue weighted by molar-refractivity contribution is -0.152. The Bertz CT molecular complexity index is 2120. The Hall–Kier alpha value is -4.20. The van der Waals surface area contributed by atoms with E-state index in [4.69, 9.17) is 19.2 Å². The lowest BCUT2D eigenvalue weighted by Crippen LogP contribution is -2.57. The minimum atomic E-state index is -3.99. The number of nitrogens with zero attached hydrogens (tertiary/aromatic N) is 2. The molecule has 5 aliphatic rings. The predicted octanol–water partition coefficient (Wildman–Crippen LogP) is 6.02. The Kier molecular flexibility index (Phi) is 11.2. The van der Waals surface area contributed by atoms with Crippen LogP contribution in [0.25, 0.3) is 10.9 Å². The van der Waals surface area contributed by atoms with Gasteiger partial charge in [0.15, 0.2) is 0 Å². The standard InChI is InChI=1S/C44H60N4O9S/c1-27(2)36-37-31(32-22-30(55-7)15-16-33(32)45-36)17-18-43(57-37)24-34-38(50)46-44(40(52)47-58(53,54)42(6)19-20-42)23-29(44)14-12-10-8-9-11-13-28(39(51)48(34)25-43)21-35(49)56-26-41(3,4)5/h12,14-16,22,27-29,34H,8-11,13,17-21,23-26H2,1-7H3,(H,46,50)(H,47,52)/b14-12-/t28-,29-,34+,43-,44-/m1/s1. The van der Waals surface area contributed by atoms with Gasteiger partial charge >= 0.3 is 5.97 Å².